The van der Waals surface area contributed by atoms with Gasteiger partial charge in [0.25, 0.3) is 0 Å². The maximum atomic E-state index is 10.1. The van der Waals surface area contributed by atoms with Crippen LogP contribution in [0.5, 0.6) is 0 Å². The third kappa shape index (κ3) is 4.51. The predicted octanol–water partition coefficient (Wildman–Crippen LogP) is 3.55. The molecule has 1 fully saturated rings. The van der Waals surface area contributed by atoms with Crippen LogP contribution in [0.15, 0.2) is 30.3 Å². The van der Waals surface area contributed by atoms with Crippen molar-refractivity contribution in [2.24, 2.45) is 0 Å². The van der Waals surface area contributed by atoms with E-state index in [0.29, 0.717) is 6.04 Å². The summed E-state index contributed by atoms with van der Waals surface area (Å²) in [6.07, 6.45) is 3.44. The van der Waals surface area contributed by atoms with Crippen LogP contribution in [-0.2, 0) is 5.54 Å². The largest absolute Gasteiger partial charge is 0.394 e. The molecule has 0 amide bonds. The van der Waals surface area contributed by atoms with Crippen molar-refractivity contribution in [2.75, 3.05) is 12.4 Å². The molecule has 2 nitrogen and oxygen atoms in total. The molecule has 20 heavy (non-hydrogen) atoms. The van der Waals surface area contributed by atoms with Crippen molar-refractivity contribution in [1.82, 2.24) is 5.32 Å². The Kier molecular flexibility index (Phi) is 5.16. The van der Waals surface area contributed by atoms with Crippen LogP contribution in [0, 0.1) is 0 Å². The lowest BCUT2D eigenvalue weighted by atomic mass is 9.87. The molecule has 1 aromatic carbocycles. The van der Waals surface area contributed by atoms with Crippen LogP contribution in [0.25, 0.3) is 0 Å². The third-order valence-electron chi connectivity index (χ3n) is 3.72. The van der Waals surface area contributed by atoms with Crippen LogP contribution >= 0.6 is 11.8 Å². The highest BCUT2D eigenvalue weighted by molar-refractivity contribution is 8.00. The number of aliphatic hydroxyl groups is 1. The SMILES string of the molecule is CC(C)(C)SCCC(CO)(NC1CC1)c1ccccc1. The minimum Gasteiger partial charge on any atom is -0.394 e. The maximum Gasteiger partial charge on any atom is 0.0679 e. The molecule has 0 saturated heterocycles. The highest BCUT2D eigenvalue weighted by atomic mass is 32.2. The topological polar surface area (TPSA) is 32.3 Å². The lowest BCUT2D eigenvalue weighted by Gasteiger charge is -2.35. The van der Waals surface area contributed by atoms with Crippen LogP contribution in [0.1, 0.15) is 45.6 Å². The molecule has 2 rings (SSSR count). The first-order chi connectivity index (χ1) is 9.45. The van der Waals surface area contributed by atoms with Gasteiger partial charge in [-0.15, -0.1) is 0 Å². The van der Waals surface area contributed by atoms with E-state index in [0.717, 1.165) is 12.2 Å². The Morgan fingerprint density at radius 2 is 1.85 bits per heavy atom. The predicted molar refractivity (Wildman–Crippen MR) is 88.2 cm³/mol. The summed E-state index contributed by atoms with van der Waals surface area (Å²) in [5.74, 6) is 1.05. The van der Waals surface area contributed by atoms with Gasteiger partial charge >= 0.3 is 0 Å². The van der Waals surface area contributed by atoms with E-state index in [1.807, 2.05) is 17.8 Å². The van der Waals surface area contributed by atoms with E-state index in [-0.39, 0.29) is 16.9 Å². The molecule has 0 heterocycles. The second-order valence-electron chi connectivity index (χ2n) is 6.74. The van der Waals surface area contributed by atoms with Gasteiger partial charge in [-0.05, 0) is 30.6 Å². The molecule has 3 heteroatoms. The Morgan fingerprint density at radius 1 is 1.20 bits per heavy atom. The van der Waals surface area contributed by atoms with Crippen molar-refractivity contribution in [1.29, 1.82) is 0 Å². The number of hydrogen-bond donors (Lipinski definition) is 2. The molecular weight excluding hydrogens is 266 g/mol. The van der Waals surface area contributed by atoms with Crippen molar-refractivity contribution in [3.8, 4) is 0 Å². The zero-order valence-corrected chi connectivity index (χ0v) is 13.7. The normalized spacial score (nSPS) is 18.8. The summed E-state index contributed by atoms with van der Waals surface area (Å²) in [5.41, 5.74) is 0.935. The molecule has 1 aliphatic rings. The van der Waals surface area contributed by atoms with Gasteiger partial charge in [0, 0.05) is 10.8 Å². The Labute approximate surface area is 127 Å². The molecule has 0 bridgehead atoms. The summed E-state index contributed by atoms with van der Waals surface area (Å²) in [6, 6.07) is 11.0. The number of nitrogens with one attached hydrogen (secondary N) is 1. The maximum absolute atomic E-state index is 10.1. The lowest BCUT2D eigenvalue weighted by molar-refractivity contribution is 0.154. The van der Waals surface area contributed by atoms with Gasteiger partial charge in [-0.3, -0.25) is 0 Å². The lowest BCUT2D eigenvalue weighted by Crippen LogP contribution is -2.47. The highest BCUT2D eigenvalue weighted by Crippen LogP contribution is 2.34. The fourth-order valence-electron chi connectivity index (χ4n) is 2.42. The van der Waals surface area contributed by atoms with E-state index < -0.39 is 0 Å². The summed E-state index contributed by atoms with van der Waals surface area (Å²) < 4.78 is 0.275. The molecule has 2 N–H and O–H groups in total. The first-order valence-electron chi connectivity index (χ1n) is 7.53. The van der Waals surface area contributed by atoms with E-state index in [1.54, 1.807) is 0 Å². The Hall–Kier alpha value is -0.510. The third-order valence-corrected chi connectivity index (χ3v) is 4.99. The van der Waals surface area contributed by atoms with E-state index in [2.05, 4.69) is 50.4 Å². The van der Waals surface area contributed by atoms with Crippen LogP contribution < -0.4 is 5.32 Å². The fourth-order valence-corrected chi connectivity index (χ4v) is 3.49. The van der Waals surface area contributed by atoms with E-state index >= 15 is 0 Å². The molecule has 0 aliphatic heterocycles. The zero-order chi connectivity index (χ0) is 14.6. The average Bonchev–Trinajstić information content (AvgIpc) is 3.21. The second-order valence-corrected chi connectivity index (χ2v) is 8.66. The molecule has 1 atom stereocenters. The number of aliphatic hydroxyl groups excluding tert-OH is 1. The van der Waals surface area contributed by atoms with E-state index in [1.165, 1.54) is 18.4 Å². The quantitative estimate of drug-likeness (QED) is 0.806. The molecule has 1 aliphatic carbocycles. The summed E-state index contributed by atoms with van der Waals surface area (Å²) in [6.45, 7) is 6.90. The van der Waals surface area contributed by atoms with Gasteiger partial charge in [-0.1, -0.05) is 51.1 Å². The van der Waals surface area contributed by atoms with Crippen molar-refractivity contribution in [3.63, 3.8) is 0 Å². The number of rotatable bonds is 7. The van der Waals surface area contributed by atoms with Gasteiger partial charge in [-0.25, -0.2) is 0 Å². The van der Waals surface area contributed by atoms with Gasteiger partial charge in [0.1, 0.15) is 0 Å². The summed E-state index contributed by atoms with van der Waals surface area (Å²) in [4.78, 5) is 0. The number of hydrogen-bond acceptors (Lipinski definition) is 3. The van der Waals surface area contributed by atoms with Crippen LogP contribution in [-0.4, -0.2) is 28.3 Å². The molecule has 1 saturated carbocycles. The first-order valence-corrected chi connectivity index (χ1v) is 8.52. The van der Waals surface area contributed by atoms with Gasteiger partial charge in [0.05, 0.1) is 12.1 Å². The molecule has 0 spiro atoms. The monoisotopic (exact) mass is 293 g/mol. The van der Waals surface area contributed by atoms with Crippen molar-refractivity contribution < 1.29 is 5.11 Å². The number of benzene rings is 1. The minimum absolute atomic E-state index is 0.165. The van der Waals surface area contributed by atoms with Crippen LogP contribution in [0.4, 0.5) is 0 Å². The molecule has 0 radical (unpaired) electrons. The van der Waals surface area contributed by atoms with Crippen LogP contribution in [0.2, 0.25) is 0 Å². The minimum atomic E-state index is -0.277. The Bertz CT molecular complexity index is 411. The van der Waals surface area contributed by atoms with Gasteiger partial charge in [-0.2, -0.15) is 11.8 Å². The highest BCUT2D eigenvalue weighted by Gasteiger charge is 2.37. The molecule has 0 aromatic heterocycles. The number of thioether (sulfide) groups is 1. The molecular formula is C17H27NOS. The van der Waals surface area contributed by atoms with Gasteiger partial charge < -0.3 is 10.4 Å². The molecule has 1 unspecified atom stereocenters. The average molecular weight is 293 g/mol. The van der Waals surface area contributed by atoms with Crippen molar-refractivity contribution >= 4 is 11.8 Å². The first kappa shape index (κ1) is 15.9. The summed E-state index contributed by atoms with van der Waals surface area (Å²) in [5, 5.41) is 13.8. The van der Waals surface area contributed by atoms with Crippen molar-refractivity contribution in [3.05, 3.63) is 35.9 Å². The van der Waals surface area contributed by atoms with Gasteiger partial charge in [0.15, 0.2) is 0 Å². The smallest absolute Gasteiger partial charge is 0.0679 e. The second kappa shape index (κ2) is 6.50. The standard InChI is InChI=1S/C17H27NOS/c1-16(2,3)20-12-11-17(13-19,18-15-9-10-15)14-7-5-4-6-8-14/h4-8,15,18-19H,9-13H2,1-3H3. The van der Waals surface area contributed by atoms with Gasteiger partial charge in [0.2, 0.25) is 0 Å². The molecule has 1 aromatic rings. The summed E-state index contributed by atoms with van der Waals surface area (Å²) in [7, 11) is 0. The van der Waals surface area contributed by atoms with E-state index in [4.69, 9.17) is 0 Å². The summed E-state index contributed by atoms with van der Waals surface area (Å²) >= 11 is 1.97. The molecule has 112 valence electrons. The van der Waals surface area contributed by atoms with Crippen molar-refractivity contribution in [2.45, 2.75) is 56.4 Å². The zero-order valence-electron chi connectivity index (χ0n) is 12.9. The van der Waals surface area contributed by atoms with Crippen LogP contribution in [0.3, 0.4) is 0 Å². The van der Waals surface area contributed by atoms with E-state index in [9.17, 15) is 5.11 Å². The fraction of sp³-hybridized carbons (Fsp3) is 0.647. The Balaban J connectivity index is 2.10. The Morgan fingerprint density at radius 3 is 2.35 bits per heavy atom.